The van der Waals surface area contributed by atoms with Crippen molar-refractivity contribution in [2.45, 2.75) is 26.7 Å². The number of nitrogens with one attached hydrogen (secondary N) is 1. The number of hydrogen-bond acceptors (Lipinski definition) is 4. The van der Waals surface area contributed by atoms with Crippen molar-refractivity contribution in [3.63, 3.8) is 0 Å². The largest absolute Gasteiger partial charge is 0.272 e. The van der Waals surface area contributed by atoms with E-state index in [2.05, 4.69) is 30.4 Å². The van der Waals surface area contributed by atoms with Gasteiger partial charge in [-0.05, 0) is 31.0 Å². The summed E-state index contributed by atoms with van der Waals surface area (Å²) < 4.78 is 0. The van der Waals surface area contributed by atoms with E-state index in [1.54, 1.807) is 28.9 Å². The molecule has 0 saturated carbocycles. The van der Waals surface area contributed by atoms with Crippen LogP contribution in [0.15, 0.2) is 28.7 Å². The number of hydrazone groups is 1. The predicted octanol–water partition coefficient (Wildman–Crippen LogP) is 3.70. The molecule has 0 aliphatic rings. The van der Waals surface area contributed by atoms with Crippen molar-refractivity contribution in [2.24, 2.45) is 5.10 Å². The van der Waals surface area contributed by atoms with Gasteiger partial charge in [0, 0.05) is 20.0 Å². The minimum absolute atomic E-state index is 0.153. The minimum atomic E-state index is -0.153. The summed E-state index contributed by atoms with van der Waals surface area (Å²) in [7, 11) is 0. The lowest BCUT2D eigenvalue weighted by molar-refractivity contribution is 0.0955. The van der Waals surface area contributed by atoms with Gasteiger partial charge in [-0.15, -0.1) is 22.7 Å². The second-order valence-electron chi connectivity index (χ2n) is 4.01. The SMILES string of the molecule is CCc1cc(C(=O)N/N=C/c2ccc(CC)s2)cs1. The average Bonchev–Trinajstić information content (AvgIpc) is 3.07. The van der Waals surface area contributed by atoms with Gasteiger partial charge in [0.25, 0.3) is 5.91 Å². The molecule has 0 unspecified atom stereocenters. The molecule has 5 heteroatoms. The summed E-state index contributed by atoms with van der Waals surface area (Å²) in [5.41, 5.74) is 3.24. The second kappa shape index (κ2) is 6.63. The molecule has 0 spiro atoms. The van der Waals surface area contributed by atoms with Crippen molar-refractivity contribution >= 4 is 34.8 Å². The summed E-state index contributed by atoms with van der Waals surface area (Å²) in [5, 5.41) is 5.86. The quantitative estimate of drug-likeness (QED) is 0.662. The Hall–Kier alpha value is -1.46. The first kappa shape index (κ1) is 14.0. The van der Waals surface area contributed by atoms with Gasteiger partial charge >= 0.3 is 0 Å². The fraction of sp³-hybridized carbons (Fsp3) is 0.286. The topological polar surface area (TPSA) is 41.5 Å². The third-order valence-electron chi connectivity index (χ3n) is 2.65. The number of thiophene rings is 2. The summed E-state index contributed by atoms with van der Waals surface area (Å²) in [4.78, 5) is 15.4. The number of aryl methyl sites for hydroxylation is 2. The van der Waals surface area contributed by atoms with Gasteiger partial charge < -0.3 is 0 Å². The highest BCUT2D eigenvalue weighted by Crippen LogP contribution is 2.16. The van der Waals surface area contributed by atoms with E-state index in [0.29, 0.717) is 5.56 Å². The molecule has 0 saturated heterocycles. The summed E-state index contributed by atoms with van der Waals surface area (Å²) in [5.74, 6) is -0.153. The zero-order valence-electron chi connectivity index (χ0n) is 11.0. The molecule has 0 aliphatic carbocycles. The highest BCUT2D eigenvalue weighted by Gasteiger charge is 2.06. The molecule has 2 rings (SSSR count). The van der Waals surface area contributed by atoms with Crippen molar-refractivity contribution in [3.8, 4) is 0 Å². The Labute approximate surface area is 121 Å². The van der Waals surface area contributed by atoms with Gasteiger partial charge in [-0.25, -0.2) is 5.43 Å². The van der Waals surface area contributed by atoms with E-state index in [1.807, 2.05) is 17.5 Å². The van der Waals surface area contributed by atoms with Crippen LogP contribution in [0.1, 0.15) is 38.8 Å². The molecule has 0 aliphatic heterocycles. The normalized spacial score (nSPS) is 11.1. The highest BCUT2D eigenvalue weighted by atomic mass is 32.1. The van der Waals surface area contributed by atoms with Crippen LogP contribution >= 0.6 is 22.7 Å². The Balaban J connectivity index is 1.92. The van der Waals surface area contributed by atoms with E-state index in [4.69, 9.17) is 0 Å². The number of hydrogen-bond donors (Lipinski definition) is 1. The Morgan fingerprint density at radius 3 is 2.74 bits per heavy atom. The van der Waals surface area contributed by atoms with Crippen molar-refractivity contribution < 1.29 is 4.79 Å². The zero-order valence-corrected chi connectivity index (χ0v) is 12.6. The van der Waals surface area contributed by atoms with Gasteiger partial charge in [0.15, 0.2) is 0 Å². The Kier molecular flexibility index (Phi) is 4.87. The van der Waals surface area contributed by atoms with Crippen molar-refractivity contribution in [3.05, 3.63) is 43.8 Å². The van der Waals surface area contributed by atoms with Crippen LogP contribution < -0.4 is 5.43 Å². The van der Waals surface area contributed by atoms with Crippen LogP contribution in [0.5, 0.6) is 0 Å². The predicted molar refractivity (Wildman–Crippen MR) is 82.5 cm³/mol. The van der Waals surface area contributed by atoms with Gasteiger partial charge in [0.1, 0.15) is 0 Å². The van der Waals surface area contributed by atoms with E-state index in [1.165, 1.54) is 9.75 Å². The summed E-state index contributed by atoms with van der Waals surface area (Å²) in [6, 6.07) is 6.01. The molecule has 1 N–H and O–H groups in total. The molecular formula is C14H16N2OS2. The van der Waals surface area contributed by atoms with Crippen LogP contribution in [-0.2, 0) is 12.8 Å². The lowest BCUT2D eigenvalue weighted by atomic mass is 10.3. The molecule has 0 atom stereocenters. The first-order valence-electron chi connectivity index (χ1n) is 6.22. The van der Waals surface area contributed by atoms with Crippen LogP contribution in [0.4, 0.5) is 0 Å². The van der Waals surface area contributed by atoms with E-state index < -0.39 is 0 Å². The first-order valence-corrected chi connectivity index (χ1v) is 7.92. The molecular weight excluding hydrogens is 276 g/mol. The van der Waals surface area contributed by atoms with Crippen molar-refractivity contribution in [2.75, 3.05) is 0 Å². The van der Waals surface area contributed by atoms with Crippen LogP contribution in [0.3, 0.4) is 0 Å². The molecule has 2 aromatic heterocycles. The first-order chi connectivity index (χ1) is 9.22. The minimum Gasteiger partial charge on any atom is -0.267 e. The van der Waals surface area contributed by atoms with Crippen molar-refractivity contribution in [1.82, 2.24) is 5.43 Å². The highest BCUT2D eigenvalue weighted by molar-refractivity contribution is 7.13. The monoisotopic (exact) mass is 292 g/mol. The van der Waals surface area contributed by atoms with Crippen LogP contribution in [0, 0.1) is 0 Å². The molecule has 0 bridgehead atoms. The number of carbonyl (C=O) groups excluding carboxylic acids is 1. The molecule has 19 heavy (non-hydrogen) atoms. The van der Waals surface area contributed by atoms with Gasteiger partial charge in [-0.3, -0.25) is 4.79 Å². The third kappa shape index (κ3) is 3.75. The molecule has 100 valence electrons. The second-order valence-corrected chi connectivity index (χ2v) is 6.21. The fourth-order valence-corrected chi connectivity index (χ4v) is 3.20. The molecule has 3 nitrogen and oxygen atoms in total. The van der Waals surface area contributed by atoms with Gasteiger partial charge in [-0.2, -0.15) is 5.10 Å². The number of rotatable bonds is 5. The Morgan fingerprint density at radius 2 is 2.11 bits per heavy atom. The van der Waals surface area contributed by atoms with Gasteiger partial charge in [-0.1, -0.05) is 13.8 Å². The maximum atomic E-state index is 11.8. The molecule has 2 aromatic rings. The van der Waals surface area contributed by atoms with E-state index in [0.717, 1.165) is 17.7 Å². The number of amides is 1. The van der Waals surface area contributed by atoms with Gasteiger partial charge in [0.05, 0.1) is 11.8 Å². The molecule has 0 aromatic carbocycles. The van der Waals surface area contributed by atoms with E-state index in [-0.39, 0.29) is 5.91 Å². The fourth-order valence-electron chi connectivity index (χ4n) is 1.56. The molecule has 1 amide bonds. The van der Waals surface area contributed by atoms with Gasteiger partial charge in [0.2, 0.25) is 0 Å². The maximum Gasteiger partial charge on any atom is 0.272 e. The number of nitrogens with zero attached hydrogens (tertiary/aromatic N) is 1. The van der Waals surface area contributed by atoms with Crippen LogP contribution in [0.2, 0.25) is 0 Å². The van der Waals surface area contributed by atoms with Crippen LogP contribution in [-0.4, -0.2) is 12.1 Å². The summed E-state index contributed by atoms with van der Waals surface area (Å²) in [6.45, 7) is 4.20. The standard InChI is InChI=1S/C14H16N2OS2/c1-3-11-5-6-13(19-11)8-15-16-14(17)10-7-12(4-2)18-9-10/h5-9H,3-4H2,1-2H3,(H,16,17)/b15-8+. The smallest absolute Gasteiger partial charge is 0.267 e. The third-order valence-corrected chi connectivity index (χ3v) is 4.90. The summed E-state index contributed by atoms with van der Waals surface area (Å²) >= 11 is 3.29. The summed E-state index contributed by atoms with van der Waals surface area (Å²) in [6.07, 6.45) is 3.67. The van der Waals surface area contributed by atoms with E-state index >= 15 is 0 Å². The lowest BCUT2D eigenvalue weighted by Gasteiger charge is -1.94. The average molecular weight is 292 g/mol. The zero-order chi connectivity index (χ0) is 13.7. The lowest BCUT2D eigenvalue weighted by Crippen LogP contribution is -2.16. The number of carbonyl (C=O) groups is 1. The van der Waals surface area contributed by atoms with E-state index in [9.17, 15) is 4.79 Å². The Bertz CT molecular complexity index is 584. The van der Waals surface area contributed by atoms with Crippen LogP contribution in [0.25, 0.3) is 0 Å². The Morgan fingerprint density at radius 1 is 1.32 bits per heavy atom. The molecule has 2 heterocycles. The molecule has 0 radical (unpaired) electrons. The molecule has 0 fully saturated rings. The maximum absolute atomic E-state index is 11.8. The van der Waals surface area contributed by atoms with Crippen molar-refractivity contribution in [1.29, 1.82) is 0 Å².